The van der Waals surface area contributed by atoms with E-state index in [9.17, 15) is 14.7 Å². The molecule has 206 valence electrons. The van der Waals surface area contributed by atoms with Crippen LogP contribution in [0.3, 0.4) is 0 Å². The lowest BCUT2D eigenvalue weighted by Gasteiger charge is -2.15. The van der Waals surface area contributed by atoms with Gasteiger partial charge in [-0.05, 0) is 41.5 Å². The lowest BCUT2D eigenvalue weighted by atomic mass is 10.1. The maximum absolute atomic E-state index is 13.4. The van der Waals surface area contributed by atoms with Gasteiger partial charge >= 0.3 is 0 Å². The Morgan fingerprint density at radius 3 is 2.22 bits per heavy atom. The molecule has 0 aliphatic rings. The van der Waals surface area contributed by atoms with Gasteiger partial charge in [-0.15, -0.1) is 0 Å². The highest BCUT2D eigenvalue weighted by molar-refractivity contribution is 6.02. The van der Waals surface area contributed by atoms with Gasteiger partial charge in [0.2, 0.25) is 5.88 Å². The summed E-state index contributed by atoms with van der Waals surface area (Å²) < 4.78 is 17.4. The number of benzene rings is 4. The number of ether oxygens (including phenoxy) is 3. The van der Waals surface area contributed by atoms with Crippen LogP contribution in [0, 0.1) is 0 Å². The van der Waals surface area contributed by atoms with E-state index in [4.69, 9.17) is 14.2 Å². The van der Waals surface area contributed by atoms with E-state index in [-0.39, 0.29) is 18.1 Å². The second kappa shape index (κ2) is 12.1. The number of fused-ring (bicyclic) bond motifs is 1. The largest absolute Gasteiger partial charge is 0.494 e. The predicted octanol–water partition coefficient (Wildman–Crippen LogP) is 4.91. The van der Waals surface area contributed by atoms with E-state index < -0.39 is 11.5 Å². The molecule has 0 radical (unpaired) electrons. The zero-order valence-corrected chi connectivity index (χ0v) is 22.4. The minimum atomic E-state index is -0.495. The Kier molecular flexibility index (Phi) is 7.96. The van der Waals surface area contributed by atoms with E-state index in [2.05, 4.69) is 10.5 Å². The summed E-state index contributed by atoms with van der Waals surface area (Å²) in [5.74, 6) is 0.554. The van der Waals surface area contributed by atoms with Gasteiger partial charge in [0.05, 0.1) is 31.7 Å². The van der Waals surface area contributed by atoms with Gasteiger partial charge in [-0.1, -0.05) is 60.7 Å². The van der Waals surface area contributed by atoms with Gasteiger partial charge in [0.1, 0.15) is 5.75 Å². The van der Waals surface area contributed by atoms with E-state index in [1.165, 1.54) is 20.4 Å². The predicted molar refractivity (Wildman–Crippen MR) is 157 cm³/mol. The molecule has 5 rings (SSSR count). The third kappa shape index (κ3) is 5.74. The van der Waals surface area contributed by atoms with E-state index >= 15 is 0 Å². The molecule has 9 heteroatoms. The van der Waals surface area contributed by atoms with Gasteiger partial charge in [-0.25, -0.2) is 9.99 Å². The molecular formula is C32H27N3O6. The van der Waals surface area contributed by atoms with E-state index in [1.54, 1.807) is 54.6 Å². The van der Waals surface area contributed by atoms with Crippen molar-refractivity contribution in [3.05, 3.63) is 113 Å². The highest BCUT2D eigenvalue weighted by atomic mass is 16.5. The first-order chi connectivity index (χ1) is 20.0. The average Bonchev–Trinajstić information content (AvgIpc) is 3.02. The maximum Gasteiger partial charge on any atom is 0.277 e. The number of carbonyl (C=O) groups is 1. The van der Waals surface area contributed by atoms with Crippen molar-refractivity contribution in [2.45, 2.75) is 0 Å². The molecule has 9 nitrogen and oxygen atoms in total. The van der Waals surface area contributed by atoms with Gasteiger partial charge in [-0.3, -0.25) is 9.59 Å². The molecule has 0 saturated heterocycles. The van der Waals surface area contributed by atoms with Gasteiger partial charge in [0.15, 0.2) is 18.1 Å². The molecule has 0 bridgehead atoms. The van der Waals surface area contributed by atoms with Crippen LogP contribution < -0.4 is 25.2 Å². The highest BCUT2D eigenvalue weighted by Crippen LogP contribution is 2.32. The lowest BCUT2D eigenvalue weighted by molar-refractivity contribution is -0.123. The van der Waals surface area contributed by atoms with Crippen molar-refractivity contribution in [2.24, 2.45) is 5.10 Å². The van der Waals surface area contributed by atoms with E-state index in [0.29, 0.717) is 33.7 Å². The second-order valence-electron chi connectivity index (χ2n) is 8.93. The van der Waals surface area contributed by atoms with Crippen LogP contribution in [-0.2, 0) is 4.79 Å². The quantitative estimate of drug-likeness (QED) is 0.200. The van der Waals surface area contributed by atoms with Crippen LogP contribution in [0.4, 0.5) is 0 Å². The van der Waals surface area contributed by atoms with Crippen molar-refractivity contribution in [1.29, 1.82) is 0 Å². The zero-order chi connectivity index (χ0) is 28.8. The highest BCUT2D eigenvalue weighted by Gasteiger charge is 2.18. The van der Waals surface area contributed by atoms with Crippen molar-refractivity contribution < 1.29 is 24.1 Å². The number of nitrogens with one attached hydrogen (secondary N) is 1. The number of aromatic nitrogens is 1. The summed E-state index contributed by atoms with van der Waals surface area (Å²) in [5, 5.41) is 16.0. The Morgan fingerprint density at radius 1 is 0.854 bits per heavy atom. The average molecular weight is 550 g/mol. The van der Waals surface area contributed by atoms with Crippen molar-refractivity contribution in [1.82, 2.24) is 9.99 Å². The fourth-order valence-corrected chi connectivity index (χ4v) is 4.42. The first-order valence-corrected chi connectivity index (χ1v) is 12.7. The monoisotopic (exact) mass is 549 g/mol. The van der Waals surface area contributed by atoms with Gasteiger partial charge in [-0.2, -0.15) is 5.10 Å². The van der Waals surface area contributed by atoms with Gasteiger partial charge in [0, 0.05) is 16.8 Å². The van der Waals surface area contributed by atoms with Crippen molar-refractivity contribution in [3.8, 4) is 39.9 Å². The molecule has 0 saturated carbocycles. The number of carbonyl (C=O) groups excluding carboxylic acids is 1. The lowest BCUT2D eigenvalue weighted by Crippen LogP contribution is -2.25. The number of hydrogen-bond donors (Lipinski definition) is 2. The second-order valence-corrected chi connectivity index (χ2v) is 8.93. The van der Waals surface area contributed by atoms with Crippen LogP contribution >= 0.6 is 0 Å². The fourth-order valence-electron chi connectivity index (χ4n) is 4.42. The maximum atomic E-state index is 13.4. The minimum absolute atomic E-state index is 0.243. The van der Waals surface area contributed by atoms with Crippen LogP contribution in [-0.4, -0.2) is 42.6 Å². The normalized spacial score (nSPS) is 11.0. The van der Waals surface area contributed by atoms with Crippen molar-refractivity contribution in [2.75, 3.05) is 20.8 Å². The molecule has 0 unspecified atom stereocenters. The Balaban J connectivity index is 1.35. The molecule has 5 aromatic rings. The number of amides is 1. The van der Waals surface area contributed by atoms with Crippen molar-refractivity contribution >= 4 is 22.9 Å². The topological polar surface area (TPSA) is 111 Å². The fraction of sp³-hybridized carbons (Fsp3) is 0.0938. The number of hydrogen-bond acceptors (Lipinski definition) is 7. The van der Waals surface area contributed by atoms with Crippen LogP contribution in [0.15, 0.2) is 107 Å². The summed E-state index contributed by atoms with van der Waals surface area (Å²) in [6.07, 6.45) is 1.29. The number of nitrogens with zero attached hydrogens (tertiary/aromatic N) is 2. The number of rotatable bonds is 9. The summed E-state index contributed by atoms with van der Waals surface area (Å²) in [6, 6.07) is 29.0. The molecule has 0 spiro atoms. The first-order valence-electron chi connectivity index (χ1n) is 12.7. The van der Waals surface area contributed by atoms with Crippen LogP contribution in [0.1, 0.15) is 5.56 Å². The van der Waals surface area contributed by atoms with Gasteiger partial charge < -0.3 is 19.3 Å². The van der Waals surface area contributed by atoms with Crippen LogP contribution in [0.5, 0.6) is 23.1 Å². The summed E-state index contributed by atoms with van der Waals surface area (Å²) in [4.78, 5) is 25.8. The van der Waals surface area contributed by atoms with E-state index in [0.717, 1.165) is 15.7 Å². The molecule has 41 heavy (non-hydrogen) atoms. The van der Waals surface area contributed by atoms with Crippen LogP contribution in [0.2, 0.25) is 0 Å². The Bertz CT molecular complexity index is 1780. The molecule has 4 aromatic carbocycles. The Hall–Kier alpha value is -5.57. The summed E-state index contributed by atoms with van der Waals surface area (Å²) in [5.41, 5.74) is 4.70. The molecule has 1 aromatic heterocycles. The molecule has 0 atom stereocenters. The number of pyridine rings is 1. The number of hydrazone groups is 1. The molecule has 1 heterocycles. The molecule has 1 amide bonds. The summed E-state index contributed by atoms with van der Waals surface area (Å²) in [7, 11) is 2.99. The molecular weight excluding hydrogens is 522 g/mol. The molecule has 0 fully saturated rings. The number of aromatic hydroxyl groups is 1. The minimum Gasteiger partial charge on any atom is -0.494 e. The smallest absolute Gasteiger partial charge is 0.277 e. The van der Waals surface area contributed by atoms with Gasteiger partial charge in [0.25, 0.3) is 11.5 Å². The van der Waals surface area contributed by atoms with Crippen molar-refractivity contribution in [3.63, 3.8) is 0 Å². The summed E-state index contributed by atoms with van der Waals surface area (Å²) in [6.45, 7) is -0.264. The molecule has 0 aliphatic carbocycles. The van der Waals surface area contributed by atoms with E-state index in [1.807, 2.05) is 42.5 Å². The SMILES string of the molecule is COc1ccc(-n2c(O)c(/C=N/NC(=O)COc3ccc(-c4ccccc4)cc3)c3ccccc3c2=O)cc1OC. The number of methoxy groups -OCH3 is 2. The molecule has 2 N–H and O–H groups in total. The summed E-state index contributed by atoms with van der Waals surface area (Å²) >= 11 is 0. The van der Waals surface area contributed by atoms with Crippen LogP contribution in [0.25, 0.3) is 27.6 Å². The third-order valence-electron chi connectivity index (χ3n) is 6.44. The third-order valence-corrected chi connectivity index (χ3v) is 6.44. The standard InChI is InChI=1S/C32H27N3O6/c1-39-28-17-14-23(18-29(28)40-2)35-31(37)26-11-7-6-10-25(26)27(32(35)38)19-33-34-30(36)20-41-24-15-12-22(13-16-24)21-8-4-3-5-9-21/h3-19,38H,20H2,1-2H3,(H,34,36)/b33-19+. The molecule has 0 aliphatic heterocycles. The Morgan fingerprint density at radius 2 is 1.51 bits per heavy atom. The first kappa shape index (κ1) is 27.0. The zero-order valence-electron chi connectivity index (χ0n) is 22.4. The Labute approximate surface area is 235 Å².